The van der Waals surface area contributed by atoms with Crippen molar-refractivity contribution in [2.45, 2.75) is 6.42 Å². The van der Waals surface area contributed by atoms with E-state index in [4.69, 9.17) is 11.6 Å². The lowest BCUT2D eigenvalue weighted by Crippen LogP contribution is -2.17. The molecule has 0 saturated heterocycles. The molecular weight excluding hydrogens is 314 g/mol. The molecule has 7 heteroatoms. The molecular formula is C16H20ClN5O. The van der Waals surface area contributed by atoms with E-state index in [0.29, 0.717) is 22.2 Å². The molecule has 0 fully saturated rings. The van der Waals surface area contributed by atoms with Gasteiger partial charge < -0.3 is 15.5 Å². The van der Waals surface area contributed by atoms with E-state index in [9.17, 15) is 4.79 Å². The number of anilines is 2. The minimum Gasteiger partial charge on any atom is -0.370 e. The van der Waals surface area contributed by atoms with E-state index in [2.05, 4.69) is 25.5 Å². The second-order valence-electron chi connectivity index (χ2n) is 5.33. The van der Waals surface area contributed by atoms with Gasteiger partial charge in [-0.25, -0.2) is 9.97 Å². The van der Waals surface area contributed by atoms with Crippen LogP contribution in [-0.4, -0.2) is 48.0 Å². The predicted molar refractivity (Wildman–Crippen MR) is 93.1 cm³/mol. The topological polar surface area (TPSA) is 70.2 Å². The highest BCUT2D eigenvalue weighted by Gasteiger charge is 2.09. The number of nitrogens with one attached hydrogen (secondary N) is 2. The number of benzene rings is 1. The van der Waals surface area contributed by atoms with E-state index < -0.39 is 0 Å². The van der Waals surface area contributed by atoms with E-state index in [1.807, 2.05) is 14.1 Å². The predicted octanol–water partition coefficient (Wildman–Crippen LogP) is 2.75. The van der Waals surface area contributed by atoms with Crippen LogP contribution >= 0.6 is 11.6 Å². The Morgan fingerprint density at radius 3 is 2.65 bits per heavy atom. The molecule has 1 heterocycles. The average Bonchev–Trinajstić information content (AvgIpc) is 2.54. The summed E-state index contributed by atoms with van der Waals surface area (Å²) in [6.07, 6.45) is 2.37. The third-order valence-corrected chi connectivity index (χ3v) is 3.34. The van der Waals surface area contributed by atoms with Gasteiger partial charge in [-0.1, -0.05) is 11.6 Å². The van der Waals surface area contributed by atoms with Crippen molar-refractivity contribution in [2.75, 3.05) is 37.8 Å². The fraction of sp³-hybridized carbons (Fsp3) is 0.312. The molecule has 0 aliphatic heterocycles. The number of amides is 1. The molecule has 2 rings (SSSR count). The number of hydrogen-bond acceptors (Lipinski definition) is 5. The van der Waals surface area contributed by atoms with E-state index >= 15 is 0 Å². The number of hydrogen-bond donors (Lipinski definition) is 2. The molecule has 122 valence electrons. The van der Waals surface area contributed by atoms with Crippen LogP contribution in [0.15, 0.2) is 36.7 Å². The normalized spacial score (nSPS) is 10.6. The Bertz CT molecular complexity index is 645. The highest BCUT2D eigenvalue weighted by atomic mass is 35.5. The van der Waals surface area contributed by atoms with Gasteiger partial charge in [-0.2, -0.15) is 0 Å². The SMILES string of the molecule is CN(C)CCCNc1cc(C(=O)Nc2ccc(Cl)cc2)ncn1. The van der Waals surface area contributed by atoms with Gasteiger partial charge in [-0.15, -0.1) is 0 Å². The van der Waals surface area contributed by atoms with Crippen LogP contribution < -0.4 is 10.6 Å². The monoisotopic (exact) mass is 333 g/mol. The second-order valence-corrected chi connectivity index (χ2v) is 5.77. The summed E-state index contributed by atoms with van der Waals surface area (Å²) in [6.45, 7) is 1.77. The Morgan fingerprint density at radius 2 is 1.96 bits per heavy atom. The number of nitrogens with zero attached hydrogens (tertiary/aromatic N) is 3. The van der Waals surface area contributed by atoms with Gasteiger partial charge in [0.25, 0.3) is 5.91 Å². The van der Waals surface area contributed by atoms with Crippen LogP contribution in [0, 0.1) is 0 Å². The Morgan fingerprint density at radius 1 is 1.22 bits per heavy atom. The van der Waals surface area contributed by atoms with Gasteiger partial charge in [0.15, 0.2) is 0 Å². The molecule has 2 aromatic rings. The fourth-order valence-electron chi connectivity index (χ4n) is 1.92. The van der Waals surface area contributed by atoms with Gasteiger partial charge in [-0.3, -0.25) is 4.79 Å². The van der Waals surface area contributed by atoms with Gasteiger partial charge in [0.1, 0.15) is 17.8 Å². The molecule has 0 saturated carbocycles. The molecule has 0 bridgehead atoms. The fourth-order valence-corrected chi connectivity index (χ4v) is 2.04. The molecule has 2 N–H and O–H groups in total. The molecule has 0 aliphatic carbocycles. The molecule has 0 atom stereocenters. The van der Waals surface area contributed by atoms with Crippen LogP contribution in [0.2, 0.25) is 5.02 Å². The number of carbonyl (C=O) groups is 1. The molecule has 0 radical (unpaired) electrons. The Kier molecular flexibility index (Phi) is 6.31. The highest BCUT2D eigenvalue weighted by molar-refractivity contribution is 6.30. The number of rotatable bonds is 7. The summed E-state index contributed by atoms with van der Waals surface area (Å²) in [4.78, 5) is 22.5. The largest absolute Gasteiger partial charge is 0.370 e. The van der Waals surface area contributed by atoms with E-state index in [-0.39, 0.29) is 5.91 Å². The molecule has 23 heavy (non-hydrogen) atoms. The van der Waals surface area contributed by atoms with Crippen LogP contribution in [0.4, 0.5) is 11.5 Å². The number of aromatic nitrogens is 2. The van der Waals surface area contributed by atoms with Crippen molar-refractivity contribution in [1.29, 1.82) is 0 Å². The van der Waals surface area contributed by atoms with Crippen LogP contribution in [0.25, 0.3) is 0 Å². The zero-order valence-corrected chi connectivity index (χ0v) is 14.0. The number of halogens is 1. The molecule has 0 unspecified atom stereocenters. The summed E-state index contributed by atoms with van der Waals surface area (Å²) in [5, 5.41) is 6.58. The van der Waals surface area contributed by atoms with Gasteiger partial charge in [0, 0.05) is 23.3 Å². The van der Waals surface area contributed by atoms with Crippen LogP contribution in [-0.2, 0) is 0 Å². The lowest BCUT2D eigenvalue weighted by Gasteiger charge is -2.10. The zero-order valence-electron chi connectivity index (χ0n) is 13.2. The minimum atomic E-state index is -0.286. The van der Waals surface area contributed by atoms with Crippen molar-refractivity contribution in [3.63, 3.8) is 0 Å². The smallest absolute Gasteiger partial charge is 0.274 e. The number of carbonyl (C=O) groups excluding carboxylic acids is 1. The van der Waals surface area contributed by atoms with Crippen LogP contribution in [0.5, 0.6) is 0 Å². The Balaban J connectivity index is 1.92. The minimum absolute atomic E-state index is 0.286. The van der Waals surface area contributed by atoms with E-state index in [1.54, 1.807) is 30.3 Å². The molecule has 0 aliphatic rings. The summed E-state index contributed by atoms with van der Waals surface area (Å²) >= 11 is 5.82. The molecule has 0 spiro atoms. The summed E-state index contributed by atoms with van der Waals surface area (Å²) in [5.74, 6) is 0.353. The second kappa shape index (κ2) is 8.45. The van der Waals surface area contributed by atoms with Crippen molar-refractivity contribution in [3.8, 4) is 0 Å². The van der Waals surface area contributed by atoms with Crippen molar-refractivity contribution >= 4 is 29.0 Å². The Labute approximate surface area is 140 Å². The first-order valence-corrected chi connectivity index (χ1v) is 7.70. The third kappa shape index (κ3) is 5.84. The molecule has 6 nitrogen and oxygen atoms in total. The van der Waals surface area contributed by atoms with Gasteiger partial charge in [0.2, 0.25) is 0 Å². The zero-order chi connectivity index (χ0) is 16.7. The lowest BCUT2D eigenvalue weighted by molar-refractivity contribution is 0.102. The standard InChI is InChI=1S/C16H20ClN5O/c1-22(2)9-3-8-18-15-10-14(19-11-20-15)16(23)21-13-6-4-12(17)5-7-13/h4-7,10-11H,3,8-9H2,1-2H3,(H,21,23)(H,18,19,20). The van der Waals surface area contributed by atoms with E-state index in [0.717, 1.165) is 19.5 Å². The van der Waals surface area contributed by atoms with Crippen molar-refractivity contribution < 1.29 is 4.79 Å². The van der Waals surface area contributed by atoms with Crippen LogP contribution in [0.1, 0.15) is 16.9 Å². The average molecular weight is 334 g/mol. The summed E-state index contributed by atoms with van der Waals surface area (Å²) in [7, 11) is 4.06. The first kappa shape index (κ1) is 17.2. The quantitative estimate of drug-likeness (QED) is 0.762. The highest BCUT2D eigenvalue weighted by Crippen LogP contribution is 2.14. The van der Waals surface area contributed by atoms with Gasteiger partial charge in [-0.05, 0) is 51.3 Å². The van der Waals surface area contributed by atoms with Crippen molar-refractivity contribution in [3.05, 3.63) is 47.4 Å². The third-order valence-electron chi connectivity index (χ3n) is 3.09. The maximum atomic E-state index is 12.2. The van der Waals surface area contributed by atoms with Crippen molar-refractivity contribution in [1.82, 2.24) is 14.9 Å². The first-order chi connectivity index (χ1) is 11.0. The van der Waals surface area contributed by atoms with Gasteiger partial charge >= 0.3 is 0 Å². The van der Waals surface area contributed by atoms with Crippen LogP contribution in [0.3, 0.4) is 0 Å². The molecule has 1 aromatic carbocycles. The Hall–Kier alpha value is -2.18. The summed E-state index contributed by atoms with van der Waals surface area (Å²) in [5.41, 5.74) is 0.976. The molecule has 1 aromatic heterocycles. The van der Waals surface area contributed by atoms with Gasteiger partial charge in [0.05, 0.1) is 0 Å². The van der Waals surface area contributed by atoms with Crippen molar-refractivity contribution in [2.24, 2.45) is 0 Å². The summed E-state index contributed by atoms with van der Waals surface area (Å²) in [6, 6.07) is 8.55. The first-order valence-electron chi connectivity index (χ1n) is 7.32. The maximum absolute atomic E-state index is 12.2. The maximum Gasteiger partial charge on any atom is 0.274 e. The molecule has 1 amide bonds. The van der Waals surface area contributed by atoms with E-state index in [1.165, 1.54) is 6.33 Å². The lowest BCUT2D eigenvalue weighted by atomic mass is 10.3. The summed E-state index contributed by atoms with van der Waals surface area (Å²) < 4.78 is 0.